The normalized spacial score (nSPS) is 14.5. The second-order valence-corrected chi connectivity index (χ2v) is 11.2. The van der Waals surface area contributed by atoms with Crippen molar-refractivity contribution in [1.82, 2.24) is 0 Å². The molecule has 0 saturated carbocycles. The van der Waals surface area contributed by atoms with Gasteiger partial charge < -0.3 is 28.4 Å². The molecule has 4 rings (SSSR count). The minimum atomic E-state index is -0.165. The third kappa shape index (κ3) is 5.21. The van der Waals surface area contributed by atoms with Crippen LogP contribution in [0.3, 0.4) is 0 Å². The van der Waals surface area contributed by atoms with Crippen LogP contribution in [0.4, 0.5) is 0 Å². The molecule has 0 unspecified atom stereocenters. The van der Waals surface area contributed by atoms with Crippen molar-refractivity contribution in [3.8, 4) is 55.4 Å². The van der Waals surface area contributed by atoms with Gasteiger partial charge in [-0.25, -0.2) is 0 Å². The average Bonchev–Trinajstić information content (AvgIpc) is 3.09. The second kappa shape index (κ2) is 10.5. The Kier molecular flexibility index (Phi) is 7.59. The molecule has 3 aromatic rings. The first-order valence-electron chi connectivity index (χ1n) is 12.3. The van der Waals surface area contributed by atoms with E-state index in [4.69, 9.17) is 28.4 Å². The summed E-state index contributed by atoms with van der Waals surface area (Å²) >= 11 is 1.56. The Labute approximate surface area is 218 Å². The smallest absolute Gasteiger partial charge is 0.180 e. The van der Waals surface area contributed by atoms with E-state index in [0.717, 1.165) is 32.4 Å². The van der Waals surface area contributed by atoms with Crippen molar-refractivity contribution in [3.05, 3.63) is 36.4 Å². The van der Waals surface area contributed by atoms with Gasteiger partial charge in [0.15, 0.2) is 11.5 Å². The highest BCUT2D eigenvalue weighted by Gasteiger charge is 2.35. The summed E-state index contributed by atoms with van der Waals surface area (Å²) in [5.41, 5.74) is 1.51. The lowest BCUT2D eigenvalue weighted by atomic mass is 9.97. The predicted octanol–water partition coefficient (Wildman–Crippen LogP) is 7.47. The Morgan fingerprint density at radius 3 is 1.44 bits per heavy atom. The molecule has 0 saturated heterocycles. The molecule has 0 aliphatic carbocycles. The zero-order valence-corrected chi connectivity index (χ0v) is 23.2. The lowest BCUT2D eigenvalue weighted by Gasteiger charge is -2.21. The van der Waals surface area contributed by atoms with Crippen molar-refractivity contribution in [2.75, 3.05) is 27.4 Å². The van der Waals surface area contributed by atoms with Crippen LogP contribution in [0.5, 0.6) is 34.5 Å². The number of hydrogen-bond acceptors (Lipinski definition) is 7. The molecule has 7 heteroatoms. The van der Waals surface area contributed by atoms with E-state index in [-0.39, 0.29) is 17.6 Å². The lowest BCUT2D eigenvalue weighted by molar-refractivity contribution is 0.140. The Balaban J connectivity index is 2.03. The van der Waals surface area contributed by atoms with E-state index in [1.165, 1.54) is 0 Å². The molecule has 2 aromatic carbocycles. The van der Waals surface area contributed by atoms with Gasteiger partial charge in [0.05, 0.1) is 60.5 Å². The SMILES string of the molecule is COc1cccc(OC(C)C)c1-c1sc(-c2c(OC)cccc2OC(C)C)c2c1OCC(C)(C)CO2. The number of rotatable bonds is 8. The van der Waals surface area contributed by atoms with Crippen molar-refractivity contribution >= 4 is 11.3 Å². The van der Waals surface area contributed by atoms with Crippen LogP contribution in [-0.2, 0) is 0 Å². The third-order valence-corrected chi connectivity index (χ3v) is 6.82. The number of methoxy groups -OCH3 is 2. The van der Waals surface area contributed by atoms with Crippen LogP contribution in [0.2, 0.25) is 0 Å². The Morgan fingerprint density at radius 2 is 1.08 bits per heavy atom. The van der Waals surface area contributed by atoms with E-state index in [1.54, 1.807) is 25.6 Å². The van der Waals surface area contributed by atoms with Crippen molar-refractivity contribution in [2.45, 2.75) is 53.8 Å². The molecule has 194 valence electrons. The zero-order valence-electron chi connectivity index (χ0n) is 22.4. The van der Waals surface area contributed by atoms with E-state index in [1.807, 2.05) is 64.1 Å². The Hall–Kier alpha value is -3.06. The van der Waals surface area contributed by atoms with Gasteiger partial charge in [-0.3, -0.25) is 0 Å². The van der Waals surface area contributed by atoms with E-state index >= 15 is 0 Å². The molecule has 0 radical (unpaired) electrons. The number of hydrogen-bond donors (Lipinski definition) is 0. The molecule has 1 aliphatic rings. The van der Waals surface area contributed by atoms with Gasteiger partial charge >= 0.3 is 0 Å². The number of ether oxygens (including phenoxy) is 6. The highest BCUT2D eigenvalue weighted by atomic mass is 32.1. The fourth-order valence-electron chi connectivity index (χ4n) is 4.08. The highest BCUT2D eigenvalue weighted by molar-refractivity contribution is 7.20. The van der Waals surface area contributed by atoms with Crippen LogP contribution in [0.15, 0.2) is 36.4 Å². The van der Waals surface area contributed by atoms with E-state index in [2.05, 4.69) is 13.8 Å². The van der Waals surface area contributed by atoms with Crippen molar-refractivity contribution in [1.29, 1.82) is 0 Å². The summed E-state index contributed by atoms with van der Waals surface area (Å²) in [6.07, 6.45) is -0.0180. The first-order chi connectivity index (χ1) is 17.1. The average molecular weight is 513 g/mol. The second-order valence-electron chi connectivity index (χ2n) is 10.2. The quantitative estimate of drug-likeness (QED) is 0.312. The standard InChI is InChI=1S/C29H36O6S/c1-17(2)34-21-13-9-11-19(30-7)23(21)27-25-26(33-16-29(5,6)15-32-25)28(36-27)24-20(31-8)12-10-14-22(24)35-18(3)4/h9-14,17-18H,15-16H2,1-8H3. The largest absolute Gasteiger partial charge is 0.496 e. The van der Waals surface area contributed by atoms with Crippen molar-refractivity contribution < 1.29 is 28.4 Å². The molecule has 0 N–H and O–H groups in total. The Bertz CT molecular complexity index is 1120. The van der Waals surface area contributed by atoms with Crippen LogP contribution in [-0.4, -0.2) is 39.6 Å². The monoisotopic (exact) mass is 512 g/mol. The number of benzene rings is 2. The predicted molar refractivity (Wildman–Crippen MR) is 145 cm³/mol. The summed E-state index contributed by atoms with van der Waals surface area (Å²) in [5, 5.41) is 0. The van der Waals surface area contributed by atoms with E-state index < -0.39 is 0 Å². The van der Waals surface area contributed by atoms with Gasteiger partial charge in [-0.15, -0.1) is 11.3 Å². The summed E-state index contributed by atoms with van der Waals surface area (Å²) in [7, 11) is 3.33. The highest BCUT2D eigenvalue weighted by Crippen LogP contribution is 2.59. The molecule has 6 nitrogen and oxygen atoms in total. The van der Waals surface area contributed by atoms with Gasteiger partial charge in [0.25, 0.3) is 0 Å². The van der Waals surface area contributed by atoms with E-state index in [0.29, 0.717) is 36.2 Å². The van der Waals surface area contributed by atoms with Crippen LogP contribution < -0.4 is 28.4 Å². The molecule has 1 aromatic heterocycles. The van der Waals surface area contributed by atoms with Gasteiger partial charge in [-0.2, -0.15) is 0 Å². The molecule has 0 bridgehead atoms. The van der Waals surface area contributed by atoms with Gasteiger partial charge in [0.2, 0.25) is 0 Å². The van der Waals surface area contributed by atoms with Gasteiger partial charge in [0.1, 0.15) is 23.0 Å². The molecule has 0 spiro atoms. The summed E-state index contributed by atoms with van der Waals surface area (Å²) in [6.45, 7) is 13.3. The lowest BCUT2D eigenvalue weighted by Crippen LogP contribution is -2.26. The Morgan fingerprint density at radius 1 is 0.694 bits per heavy atom. The molecule has 36 heavy (non-hydrogen) atoms. The zero-order chi connectivity index (χ0) is 26.0. The fourth-order valence-corrected chi connectivity index (χ4v) is 5.38. The molecule has 0 amide bonds. The van der Waals surface area contributed by atoms with Crippen LogP contribution >= 0.6 is 11.3 Å². The van der Waals surface area contributed by atoms with Crippen LogP contribution in [0.1, 0.15) is 41.5 Å². The summed E-state index contributed by atoms with van der Waals surface area (Å²) in [6, 6.07) is 11.7. The minimum Gasteiger partial charge on any atom is -0.496 e. The maximum absolute atomic E-state index is 6.50. The topological polar surface area (TPSA) is 55.4 Å². The fraction of sp³-hybridized carbons (Fsp3) is 0.448. The summed E-state index contributed by atoms with van der Waals surface area (Å²) in [4.78, 5) is 1.76. The van der Waals surface area contributed by atoms with Crippen molar-refractivity contribution in [3.63, 3.8) is 0 Å². The molecular formula is C29H36O6S. The van der Waals surface area contributed by atoms with Gasteiger partial charge in [0, 0.05) is 5.41 Å². The number of thiophene rings is 1. The maximum atomic E-state index is 6.50. The van der Waals surface area contributed by atoms with Crippen LogP contribution in [0, 0.1) is 5.41 Å². The summed E-state index contributed by atoms with van der Waals surface area (Å²) in [5.74, 6) is 4.22. The summed E-state index contributed by atoms with van der Waals surface area (Å²) < 4.78 is 37.0. The van der Waals surface area contributed by atoms with Gasteiger partial charge in [-0.1, -0.05) is 26.0 Å². The van der Waals surface area contributed by atoms with Crippen LogP contribution in [0.25, 0.3) is 20.9 Å². The molecule has 0 fully saturated rings. The minimum absolute atomic E-state index is 0.00902. The van der Waals surface area contributed by atoms with Crippen molar-refractivity contribution in [2.24, 2.45) is 5.41 Å². The third-order valence-electron chi connectivity index (χ3n) is 5.63. The molecular weight excluding hydrogens is 476 g/mol. The maximum Gasteiger partial charge on any atom is 0.180 e. The number of fused-ring (bicyclic) bond motifs is 1. The molecule has 1 aliphatic heterocycles. The molecule has 2 heterocycles. The van der Waals surface area contributed by atoms with E-state index in [9.17, 15) is 0 Å². The first-order valence-corrected chi connectivity index (χ1v) is 13.1. The van der Waals surface area contributed by atoms with Gasteiger partial charge in [-0.05, 0) is 52.0 Å². The molecule has 0 atom stereocenters. The first kappa shape index (κ1) is 26.0.